The van der Waals surface area contributed by atoms with Crippen LogP contribution in [0.2, 0.25) is 5.02 Å². The molecule has 0 aliphatic carbocycles. The molecule has 0 saturated heterocycles. The number of carbonyl (C=O) groups is 1. The maximum Gasteiger partial charge on any atom is 0.271 e. The fourth-order valence-corrected chi connectivity index (χ4v) is 4.85. The van der Waals surface area contributed by atoms with E-state index in [-0.39, 0.29) is 28.1 Å². The number of nitro benzene ring substituents is 1. The van der Waals surface area contributed by atoms with Gasteiger partial charge in [0.1, 0.15) is 0 Å². The molecule has 0 saturated carbocycles. The molecule has 1 amide bonds. The molecule has 8 nitrogen and oxygen atoms in total. The van der Waals surface area contributed by atoms with Crippen LogP contribution in [0.15, 0.2) is 34.8 Å². The maximum atomic E-state index is 12.4. The Morgan fingerprint density at radius 2 is 2.10 bits per heavy atom. The lowest BCUT2D eigenvalue weighted by molar-refractivity contribution is -0.384. The van der Waals surface area contributed by atoms with E-state index in [1.165, 1.54) is 34.8 Å². The molecule has 11 heteroatoms. The number of nitrogens with one attached hydrogen (secondary N) is 1. The molecule has 0 bridgehead atoms. The number of anilines is 1. The Morgan fingerprint density at radius 1 is 1.29 bits per heavy atom. The van der Waals surface area contributed by atoms with Gasteiger partial charge in [-0.1, -0.05) is 43.6 Å². The van der Waals surface area contributed by atoms with Crippen LogP contribution in [0.4, 0.5) is 11.4 Å². The third-order valence-electron chi connectivity index (χ3n) is 4.34. The van der Waals surface area contributed by atoms with Crippen molar-refractivity contribution in [1.82, 2.24) is 14.8 Å². The third kappa shape index (κ3) is 5.84. The monoisotopic (exact) mass is 479 g/mol. The largest absolute Gasteiger partial charge is 0.324 e. The number of aryl methyl sites for hydroxylation is 1. The summed E-state index contributed by atoms with van der Waals surface area (Å²) in [6, 6.07) is 6.07. The van der Waals surface area contributed by atoms with Crippen LogP contribution in [-0.2, 0) is 17.8 Å². The zero-order valence-electron chi connectivity index (χ0n) is 17.1. The van der Waals surface area contributed by atoms with E-state index in [2.05, 4.69) is 40.8 Å². The zero-order chi connectivity index (χ0) is 22.4. The second kappa shape index (κ2) is 10.7. The molecule has 2 aromatic heterocycles. The van der Waals surface area contributed by atoms with Crippen molar-refractivity contribution in [1.29, 1.82) is 0 Å². The molecule has 164 valence electrons. The number of nitrogens with zero attached hydrogens (tertiary/aromatic N) is 4. The van der Waals surface area contributed by atoms with Crippen molar-refractivity contribution in [3.05, 3.63) is 49.7 Å². The van der Waals surface area contributed by atoms with E-state index >= 15 is 0 Å². The lowest BCUT2D eigenvalue weighted by Crippen LogP contribution is -2.15. The summed E-state index contributed by atoms with van der Waals surface area (Å²) < 4.78 is 2.02. The van der Waals surface area contributed by atoms with Crippen molar-refractivity contribution in [2.45, 2.75) is 44.8 Å². The number of carbonyl (C=O) groups excluding carboxylic acids is 1. The molecule has 0 unspecified atom stereocenters. The molecule has 2 heterocycles. The first-order valence-electron chi connectivity index (χ1n) is 9.80. The molecule has 3 rings (SSSR count). The van der Waals surface area contributed by atoms with E-state index in [0.29, 0.717) is 5.16 Å². The summed E-state index contributed by atoms with van der Waals surface area (Å²) >= 11 is 9.04. The Labute approximate surface area is 193 Å². The number of hydrogen-bond donors (Lipinski definition) is 1. The number of hydrogen-bond acceptors (Lipinski definition) is 7. The number of rotatable bonds is 10. The lowest BCUT2D eigenvalue weighted by atomic mass is 10.2. The quantitative estimate of drug-likeness (QED) is 0.228. The Kier molecular flexibility index (Phi) is 8.05. The number of aromatic nitrogens is 3. The van der Waals surface area contributed by atoms with E-state index in [9.17, 15) is 14.9 Å². The Morgan fingerprint density at radius 3 is 2.81 bits per heavy atom. The second-order valence-electron chi connectivity index (χ2n) is 6.77. The number of non-ortho nitro benzene ring substituents is 1. The molecule has 31 heavy (non-hydrogen) atoms. The smallest absolute Gasteiger partial charge is 0.271 e. The van der Waals surface area contributed by atoms with Gasteiger partial charge in [0.25, 0.3) is 5.69 Å². The van der Waals surface area contributed by atoms with Crippen LogP contribution in [0, 0.1) is 10.1 Å². The van der Waals surface area contributed by atoms with Crippen molar-refractivity contribution in [2.75, 3.05) is 11.1 Å². The van der Waals surface area contributed by atoms with Gasteiger partial charge in [-0.3, -0.25) is 14.9 Å². The molecule has 0 aliphatic heterocycles. The fourth-order valence-electron chi connectivity index (χ4n) is 2.95. The fraction of sp³-hybridized carbons (Fsp3) is 0.350. The number of halogens is 1. The molecule has 1 aromatic carbocycles. The van der Waals surface area contributed by atoms with Crippen LogP contribution >= 0.6 is 34.7 Å². The van der Waals surface area contributed by atoms with E-state index in [1.54, 1.807) is 11.3 Å². The molecule has 1 N–H and O–H groups in total. The van der Waals surface area contributed by atoms with Crippen molar-refractivity contribution < 1.29 is 9.72 Å². The van der Waals surface area contributed by atoms with Gasteiger partial charge in [0.2, 0.25) is 5.91 Å². The van der Waals surface area contributed by atoms with Crippen LogP contribution in [0.25, 0.3) is 11.4 Å². The van der Waals surface area contributed by atoms with Gasteiger partial charge in [0.05, 0.1) is 21.4 Å². The van der Waals surface area contributed by atoms with Gasteiger partial charge in [0, 0.05) is 34.5 Å². The van der Waals surface area contributed by atoms with Crippen LogP contribution < -0.4 is 5.32 Å². The summed E-state index contributed by atoms with van der Waals surface area (Å²) in [5, 5.41) is 25.2. The first-order valence-corrected chi connectivity index (χ1v) is 12.0. The van der Waals surface area contributed by atoms with Gasteiger partial charge in [-0.25, -0.2) is 0 Å². The van der Waals surface area contributed by atoms with Gasteiger partial charge < -0.3 is 9.88 Å². The highest BCUT2D eigenvalue weighted by molar-refractivity contribution is 7.99. The topological polar surface area (TPSA) is 103 Å². The first-order chi connectivity index (χ1) is 14.9. The number of thioether (sulfide) groups is 1. The Balaban J connectivity index is 1.71. The van der Waals surface area contributed by atoms with Gasteiger partial charge in [-0.15, -0.1) is 21.5 Å². The average molecular weight is 480 g/mol. The molecule has 0 spiro atoms. The summed E-state index contributed by atoms with van der Waals surface area (Å²) in [6.45, 7) is 4.97. The van der Waals surface area contributed by atoms with Crippen LogP contribution in [-0.4, -0.2) is 31.3 Å². The van der Waals surface area contributed by atoms with Gasteiger partial charge in [-0.2, -0.15) is 0 Å². The van der Waals surface area contributed by atoms with E-state index < -0.39 is 4.92 Å². The predicted octanol–water partition coefficient (Wildman–Crippen LogP) is 5.66. The lowest BCUT2D eigenvalue weighted by Gasteiger charge is -2.09. The van der Waals surface area contributed by atoms with E-state index in [1.807, 2.05) is 4.57 Å². The number of nitro groups is 1. The molecule has 3 aromatic rings. The zero-order valence-corrected chi connectivity index (χ0v) is 19.5. The molecular formula is C20H22ClN5O3S2. The highest BCUT2D eigenvalue weighted by Gasteiger charge is 2.17. The highest BCUT2D eigenvalue weighted by atomic mass is 35.5. The molecular weight excluding hydrogens is 458 g/mol. The summed E-state index contributed by atoms with van der Waals surface area (Å²) in [6.07, 6.45) is 3.03. The van der Waals surface area contributed by atoms with Crippen molar-refractivity contribution >= 4 is 52.0 Å². The summed E-state index contributed by atoms with van der Waals surface area (Å²) in [5.74, 6) is 0.539. The minimum Gasteiger partial charge on any atom is -0.324 e. The minimum atomic E-state index is -0.536. The predicted molar refractivity (Wildman–Crippen MR) is 125 cm³/mol. The number of benzene rings is 1. The van der Waals surface area contributed by atoms with Crippen LogP contribution in [0.1, 0.15) is 31.6 Å². The number of amides is 1. The standard InChI is InChI=1S/C20H22ClN5O3S2/c1-3-5-15-9-13(11-30-15)19-23-24-20(25(19)8-4-2)31-12-18(27)22-17-10-14(26(28)29)6-7-16(17)21/h6-7,9-11H,3-5,8,12H2,1-2H3,(H,22,27). The summed E-state index contributed by atoms with van der Waals surface area (Å²) in [4.78, 5) is 24.1. The Bertz CT molecular complexity index is 1080. The minimum absolute atomic E-state index is 0.0750. The van der Waals surface area contributed by atoms with Crippen molar-refractivity contribution in [3.8, 4) is 11.4 Å². The summed E-state index contributed by atoms with van der Waals surface area (Å²) in [5.41, 5.74) is 1.10. The third-order valence-corrected chi connectivity index (χ3v) is 6.63. The molecule has 0 atom stereocenters. The Hall–Kier alpha value is -2.43. The van der Waals surface area contributed by atoms with Crippen LogP contribution in [0.5, 0.6) is 0 Å². The molecule has 0 fully saturated rings. The normalized spacial score (nSPS) is 10.9. The van der Waals surface area contributed by atoms with E-state index in [0.717, 1.165) is 37.2 Å². The van der Waals surface area contributed by atoms with Crippen LogP contribution in [0.3, 0.4) is 0 Å². The molecule has 0 radical (unpaired) electrons. The highest BCUT2D eigenvalue weighted by Crippen LogP contribution is 2.30. The SMILES string of the molecule is CCCc1cc(-c2nnc(SCC(=O)Nc3cc([N+](=O)[O-])ccc3Cl)n2CCC)cs1. The average Bonchev–Trinajstić information content (AvgIpc) is 3.35. The van der Waals surface area contributed by atoms with Crippen molar-refractivity contribution in [2.24, 2.45) is 0 Å². The van der Waals surface area contributed by atoms with Gasteiger partial charge in [-0.05, 0) is 25.0 Å². The van der Waals surface area contributed by atoms with Gasteiger partial charge >= 0.3 is 0 Å². The number of thiophene rings is 1. The first kappa shape index (κ1) is 23.2. The molecule has 0 aliphatic rings. The second-order valence-corrected chi connectivity index (χ2v) is 9.11. The maximum absolute atomic E-state index is 12.4. The van der Waals surface area contributed by atoms with Crippen molar-refractivity contribution in [3.63, 3.8) is 0 Å². The van der Waals surface area contributed by atoms with E-state index in [4.69, 9.17) is 11.6 Å². The van der Waals surface area contributed by atoms with Gasteiger partial charge in [0.15, 0.2) is 11.0 Å². The summed E-state index contributed by atoms with van der Waals surface area (Å²) in [7, 11) is 0.